The fourth-order valence-electron chi connectivity index (χ4n) is 1.53. The maximum Gasteiger partial charge on any atom is 0.0446 e. The molecule has 1 aliphatic rings. The van der Waals surface area contributed by atoms with Crippen molar-refractivity contribution in [1.82, 2.24) is 0 Å². The standard InChI is InChI=1S/C11H11Cl/c1-2-8-4-3-5-10(12)11(8)9-6-7-9/h2-5,9H,1,6-7H2. The molecule has 1 fully saturated rings. The molecule has 0 nitrogen and oxygen atoms in total. The summed E-state index contributed by atoms with van der Waals surface area (Å²) in [5.74, 6) is 0.701. The van der Waals surface area contributed by atoms with Gasteiger partial charge in [0.25, 0.3) is 0 Å². The van der Waals surface area contributed by atoms with Crippen molar-refractivity contribution in [2.45, 2.75) is 18.8 Å². The van der Waals surface area contributed by atoms with E-state index in [1.807, 2.05) is 18.2 Å². The zero-order valence-corrected chi connectivity index (χ0v) is 7.64. The van der Waals surface area contributed by atoms with Gasteiger partial charge in [-0.15, -0.1) is 0 Å². The van der Waals surface area contributed by atoms with Crippen molar-refractivity contribution in [3.8, 4) is 0 Å². The van der Waals surface area contributed by atoms with Crippen molar-refractivity contribution >= 4 is 17.7 Å². The van der Waals surface area contributed by atoms with Gasteiger partial charge < -0.3 is 0 Å². The van der Waals surface area contributed by atoms with E-state index >= 15 is 0 Å². The predicted octanol–water partition coefficient (Wildman–Crippen LogP) is 3.86. The molecule has 0 amide bonds. The highest BCUT2D eigenvalue weighted by Crippen LogP contribution is 2.45. The molecule has 0 heterocycles. The van der Waals surface area contributed by atoms with Crippen LogP contribution in [0.2, 0.25) is 5.02 Å². The van der Waals surface area contributed by atoms with Crippen LogP contribution in [0.3, 0.4) is 0 Å². The highest BCUT2D eigenvalue weighted by Gasteiger charge is 2.27. The Kier molecular flexibility index (Phi) is 1.93. The second kappa shape index (κ2) is 2.95. The predicted molar refractivity (Wildman–Crippen MR) is 53.5 cm³/mol. The van der Waals surface area contributed by atoms with Crippen molar-refractivity contribution in [2.24, 2.45) is 0 Å². The summed E-state index contributed by atoms with van der Waals surface area (Å²) in [6, 6.07) is 6.01. The SMILES string of the molecule is C=Cc1cccc(Cl)c1C1CC1. The molecular formula is C11H11Cl. The lowest BCUT2D eigenvalue weighted by atomic mass is 10.0. The Morgan fingerprint density at radius 2 is 2.17 bits per heavy atom. The largest absolute Gasteiger partial charge is 0.0985 e. The summed E-state index contributed by atoms with van der Waals surface area (Å²) in [5, 5.41) is 0.898. The van der Waals surface area contributed by atoms with Crippen LogP contribution in [0.5, 0.6) is 0 Å². The molecule has 2 rings (SSSR count). The van der Waals surface area contributed by atoms with Crippen LogP contribution in [0.1, 0.15) is 29.9 Å². The van der Waals surface area contributed by atoms with Crippen molar-refractivity contribution in [3.63, 3.8) is 0 Å². The molecule has 0 aliphatic heterocycles. The van der Waals surface area contributed by atoms with Crippen LogP contribution in [-0.4, -0.2) is 0 Å². The summed E-state index contributed by atoms with van der Waals surface area (Å²) in [5.41, 5.74) is 2.50. The molecule has 0 aromatic heterocycles. The summed E-state index contributed by atoms with van der Waals surface area (Å²) >= 11 is 6.10. The van der Waals surface area contributed by atoms with E-state index < -0.39 is 0 Å². The number of rotatable bonds is 2. The minimum atomic E-state index is 0.701. The molecule has 0 bridgehead atoms. The second-order valence-electron chi connectivity index (χ2n) is 3.22. The molecule has 1 aliphatic carbocycles. The van der Waals surface area contributed by atoms with Gasteiger partial charge in [-0.05, 0) is 36.0 Å². The minimum Gasteiger partial charge on any atom is -0.0985 e. The Labute approximate surface area is 77.9 Å². The molecule has 0 spiro atoms. The van der Waals surface area contributed by atoms with E-state index in [1.54, 1.807) is 0 Å². The van der Waals surface area contributed by atoms with Crippen LogP contribution in [0.15, 0.2) is 24.8 Å². The van der Waals surface area contributed by atoms with Crippen molar-refractivity contribution in [2.75, 3.05) is 0 Å². The molecule has 0 radical (unpaired) electrons. The molecule has 1 aromatic carbocycles. The molecule has 0 N–H and O–H groups in total. The molecule has 0 unspecified atom stereocenters. The quantitative estimate of drug-likeness (QED) is 0.645. The molecule has 0 atom stereocenters. The lowest BCUT2D eigenvalue weighted by Gasteiger charge is -2.05. The molecule has 12 heavy (non-hydrogen) atoms. The van der Waals surface area contributed by atoms with Crippen molar-refractivity contribution in [3.05, 3.63) is 40.9 Å². The van der Waals surface area contributed by atoms with E-state index in [0.29, 0.717) is 5.92 Å². The first kappa shape index (κ1) is 7.88. The highest BCUT2D eigenvalue weighted by atomic mass is 35.5. The fraction of sp³-hybridized carbons (Fsp3) is 0.273. The Morgan fingerprint density at radius 3 is 2.75 bits per heavy atom. The van der Waals surface area contributed by atoms with Crippen LogP contribution in [0, 0.1) is 0 Å². The third kappa shape index (κ3) is 1.27. The van der Waals surface area contributed by atoms with Crippen LogP contribution >= 0.6 is 11.6 Å². The highest BCUT2D eigenvalue weighted by molar-refractivity contribution is 6.31. The van der Waals surface area contributed by atoms with E-state index in [2.05, 4.69) is 12.6 Å². The minimum absolute atomic E-state index is 0.701. The smallest absolute Gasteiger partial charge is 0.0446 e. The third-order valence-corrected chi connectivity index (χ3v) is 2.62. The summed E-state index contributed by atoms with van der Waals surface area (Å²) < 4.78 is 0. The van der Waals surface area contributed by atoms with Gasteiger partial charge in [0.05, 0.1) is 0 Å². The molecule has 1 saturated carbocycles. The number of halogens is 1. The zero-order valence-electron chi connectivity index (χ0n) is 6.89. The van der Waals surface area contributed by atoms with Gasteiger partial charge in [-0.25, -0.2) is 0 Å². The molecule has 0 saturated heterocycles. The van der Waals surface area contributed by atoms with E-state index in [1.165, 1.54) is 24.0 Å². The Morgan fingerprint density at radius 1 is 1.42 bits per heavy atom. The average Bonchev–Trinajstić information content (AvgIpc) is 2.87. The van der Waals surface area contributed by atoms with E-state index in [4.69, 9.17) is 11.6 Å². The fourth-order valence-corrected chi connectivity index (χ4v) is 1.87. The number of benzene rings is 1. The molecule has 1 aromatic rings. The molecular weight excluding hydrogens is 168 g/mol. The van der Waals surface area contributed by atoms with Crippen LogP contribution in [-0.2, 0) is 0 Å². The first-order chi connectivity index (χ1) is 5.83. The topological polar surface area (TPSA) is 0 Å². The van der Waals surface area contributed by atoms with E-state index in [9.17, 15) is 0 Å². The average molecular weight is 179 g/mol. The molecule has 62 valence electrons. The Hall–Kier alpha value is -0.750. The monoisotopic (exact) mass is 178 g/mol. The summed E-state index contributed by atoms with van der Waals surface area (Å²) in [6.45, 7) is 3.78. The van der Waals surface area contributed by atoms with E-state index in [-0.39, 0.29) is 0 Å². The van der Waals surface area contributed by atoms with E-state index in [0.717, 1.165) is 5.02 Å². The normalized spacial score (nSPS) is 16.1. The van der Waals surface area contributed by atoms with Gasteiger partial charge in [0.1, 0.15) is 0 Å². The summed E-state index contributed by atoms with van der Waals surface area (Å²) in [4.78, 5) is 0. The van der Waals surface area contributed by atoms with Gasteiger partial charge in [-0.2, -0.15) is 0 Å². The summed E-state index contributed by atoms with van der Waals surface area (Å²) in [6.07, 6.45) is 4.45. The van der Waals surface area contributed by atoms with Crippen LogP contribution in [0.4, 0.5) is 0 Å². The maximum atomic E-state index is 6.10. The second-order valence-corrected chi connectivity index (χ2v) is 3.63. The first-order valence-electron chi connectivity index (χ1n) is 4.24. The summed E-state index contributed by atoms with van der Waals surface area (Å²) in [7, 11) is 0. The van der Waals surface area contributed by atoms with Gasteiger partial charge in [0.15, 0.2) is 0 Å². The molecule has 1 heteroatoms. The van der Waals surface area contributed by atoms with Gasteiger partial charge in [-0.3, -0.25) is 0 Å². The number of hydrogen-bond donors (Lipinski definition) is 0. The zero-order chi connectivity index (χ0) is 8.55. The first-order valence-corrected chi connectivity index (χ1v) is 4.61. The van der Waals surface area contributed by atoms with Crippen LogP contribution in [0.25, 0.3) is 6.08 Å². The van der Waals surface area contributed by atoms with Gasteiger partial charge in [-0.1, -0.05) is 36.4 Å². The Balaban J connectivity index is 2.52. The lowest BCUT2D eigenvalue weighted by Crippen LogP contribution is -1.86. The number of hydrogen-bond acceptors (Lipinski definition) is 0. The third-order valence-electron chi connectivity index (χ3n) is 2.29. The van der Waals surface area contributed by atoms with Crippen molar-refractivity contribution in [1.29, 1.82) is 0 Å². The van der Waals surface area contributed by atoms with Gasteiger partial charge in [0.2, 0.25) is 0 Å². The lowest BCUT2D eigenvalue weighted by molar-refractivity contribution is 1.12. The van der Waals surface area contributed by atoms with Crippen molar-refractivity contribution < 1.29 is 0 Å². The Bertz CT molecular complexity index is 311. The van der Waals surface area contributed by atoms with Gasteiger partial charge >= 0.3 is 0 Å². The maximum absolute atomic E-state index is 6.10. The van der Waals surface area contributed by atoms with Crippen LogP contribution < -0.4 is 0 Å². The van der Waals surface area contributed by atoms with Gasteiger partial charge in [0, 0.05) is 5.02 Å².